The van der Waals surface area contributed by atoms with Crippen molar-refractivity contribution in [2.75, 3.05) is 30.3 Å². The third-order valence-electron chi connectivity index (χ3n) is 11.9. The van der Waals surface area contributed by atoms with Crippen molar-refractivity contribution in [3.8, 4) is 38.6 Å². The summed E-state index contributed by atoms with van der Waals surface area (Å²) in [4.78, 5) is 50.6. The number of hydrogen-bond donors (Lipinski definition) is 5. The first-order valence-corrected chi connectivity index (χ1v) is 22.0. The van der Waals surface area contributed by atoms with Gasteiger partial charge in [-0.2, -0.15) is 5.10 Å². The second-order valence-corrected chi connectivity index (χ2v) is 18.2. The van der Waals surface area contributed by atoms with Crippen molar-refractivity contribution < 1.29 is 24.6 Å². The smallest absolute Gasteiger partial charge is 0.251 e. The zero-order valence-electron chi connectivity index (χ0n) is 35.7. The Morgan fingerprint density at radius 1 is 0.952 bits per heavy atom. The molecule has 0 saturated carbocycles. The highest BCUT2D eigenvalue weighted by Crippen LogP contribution is 2.34. The normalized spacial score (nSPS) is 17.4. The zero-order valence-corrected chi connectivity index (χ0v) is 36.5. The van der Waals surface area contributed by atoms with Gasteiger partial charge < -0.3 is 36.4 Å². The van der Waals surface area contributed by atoms with Gasteiger partial charge in [0.15, 0.2) is 5.82 Å². The van der Waals surface area contributed by atoms with Gasteiger partial charge in [0.25, 0.3) is 5.91 Å². The molecule has 3 aromatic carbocycles. The van der Waals surface area contributed by atoms with Crippen LogP contribution in [0.3, 0.4) is 0 Å². The number of carbonyl (C=O) groups excluding carboxylic acids is 3. The number of nitrogens with two attached hydrogens (primary N) is 1. The molecule has 0 bridgehead atoms. The monoisotopic (exact) mass is 868 g/mol. The van der Waals surface area contributed by atoms with E-state index in [1.165, 1.54) is 4.90 Å². The minimum Gasteiger partial charge on any atom is -0.507 e. The minimum atomic E-state index is -0.958. The van der Waals surface area contributed by atoms with Crippen LogP contribution in [0.1, 0.15) is 67.7 Å². The molecule has 16 heteroatoms. The van der Waals surface area contributed by atoms with E-state index in [4.69, 9.17) is 5.73 Å². The van der Waals surface area contributed by atoms with E-state index in [1.54, 1.807) is 47.9 Å². The topological polar surface area (TPSA) is 205 Å². The van der Waals surface area contributed by atoms with Crippen LogP contribution in [0.25, 0.3) is 32.8 Å². The average Bonchev–Trinajstić information content (AvgIpc) is 4.05. The lowest BCUT2D eigenvalue weighted by atomic mass is 9.85. The molecule has 0 aliphatic carbocycles. The Balaban J connectivity index is 0.863. The molecule has 3 aromatic heterocycles. The number of phenolic OH excluding ortho intramolecular Hbond substituents is 1. The van der Waals surface area contributed by atoms with Crippen LogP contribution >= 0.6 is 11.3 Å². The SMILES string of the molecule is Cc1ncsc1-c1ccc(CNC(=O)[C@@H]2C[C@@H](O)CN2C(=O)[C@@H](NC(=O)c2ccc(N3CCC(n4cc(-c5cc(-c6ccccc6O)nnc5N)cn4)CC3)cc2)C(C)(C)C)cc1. The molecule has 2 aliphatic rings. The van der Waals surface area contributed by atoms with Gasteiger partial charge in [-0.3, -0.25) is 19.1 Å². The predicted molar refractivity (Wildman–Crippen MR) is 243 cm³/mol. The number of nitrogens with one attached hydrogen (secondary N) is 2. The summed E-state index contributed by atoms with van der Waals surface area (Å²) < 4.78 is 1.97. The van der Waals surface area contributed by atoms with Crippen molar-refractivity contribution >= 4 is 40.6 Å². The van der Waals surface area contributed by atoms with Crippen molar-refractivity contribution in [1.29, 1.82) is 0 Å². The fourth-order valence-corrected chi connectivity index (χ4v) is 9.15. The number of phenols is 1. The number of anilines is 2. The summed E-state index contributed by atoms with van der Waals surface area (Å²) in [7, 11) is 0. The number of nitrogens with zero attached hydrogens (tertiary/aromatic N) is 7. The molecule has 5 heterocycles. The van der Waals surface area contributed by atoms with Crippen LogP contribution in [0.5, 0.6) is 5.75 Å². The van der Waals surface area contributed by atoms with Gasteiger partial charge in [-0.15, -0.1) is 21.5 Å². The van der Waals surface area contributed by atoms with E-state index in [-0.39, 0.29) is 43.0 Å². The molecule has 8 rings (SSSR count). The van der Waals surface area contributed by atoms with Crippen LogP contribution in [-0.4, -0.2) is 95.6 Å². The van der Waals surface area contributed by atoms with Crippen LogP contribution in [0.4, 0.5) is 11.5 Å². The van der Waals surface area contributed by atoms with Crippen LogP contribution in [-0.2, 0) is 16.1 Å². The number of aromatic hydroxyl groups is 1. The molecule has 2 aliphatic heterocycles. The quantitative estimate of drug-likeness (QED) is 0.102. The van der Waals surface area contributed by atoms with Gasteiger partial charge in [-0.05, 0) is 78.8 Å². The first kappa shape index (κ1) is 43.0. The maximum atomic E-state index is 14.2. The molecular formula is C47H52N10O5S. The average molecular weight is 869 g/mol. The maximum absolute atomic E-state index is 14.2. The van der Waals surface area contributed by atoms with Gasteiger partial charge >= 0.3 is 0 Å². The highest BCUT2D eigenvalue weighted by atomic mass is 32.1. The molecule has 2 saturated heterocycles. The lowest BCUT2D eigenvalue weighted by Crippen LogP contribution is -2.57. The number of aryl methyl sites for hydroxylation is 1. The number of piperidine rings is 1. The number of nitrogen functional groups attached to an aromatic ring is 1. The van der Waals surface area contributed by atoms with E-state index >= 15 is 0 Å². The van der Waals surface area contributed by atoms with E-state index in [0.717, 1.165) is 58.9 Å². The zero-order chi connectivity index (χ0) is 44.4. The van der Waals surface area contributed by atoms with Gasteiger partial charge in [0.2, 0.25) is 11.8 Å². The second-order valence-electron chi connectivity index (χ2n) is 17.4. The summed E-state index contributed by atoms with van der Waals surface area (Å²) in [6.07, 6.45) is 4.67. The molecule has 3 atom stereocenters. The van der Waals surface area contributed by atoms with Crippen molar-refractivity contribution in [2.45, 2.75) is 77.7 Å². The minimum absolute atomic E-state index is 0.00617. The summed E-state index contributed by atoms with van der Waals surface area (Å²) in [5.74, 6) is -0.794. The molecule has 2 fully saturated rings. The standard InChI is InChI=1S/C47H52N10O5S/c1-28-41(63-27-50-28)30-11-9-29(10-12-30)23-49-45(61)39-21-35(58)26-56(39)46(62)42(47(2,3)4)52-44(60)31-13-15-33(16-14-31)55-19-17-34(18-20-55)57-25-32(24-51-57)37-22-38(53-54-43(37)48)36-7-5-6-8-40(36)59/h5-16,22,24-25,27,34-35,39,42,58-59H,17-21,23,26H2,1-4H3,(H2,48,54)(H,49,61)(H,52,60)/t35-,39+,42-/m1/s1. The van der Waals surface area contributed by atoms with Gasteiger partial charge in [0.05, 0.1) is 40.1 Å². The first-order chi connectivity index (χ1) is 30.2. The van der Waals surface area contributed by atoms with Crippen molar-refractivity contribution in [3.63, 3.8) is 0 Å². The summed E-state index contributed by atoms with van der Waals surface area (Å²) in [5.41, 5.74) is 14.2. The molecule has 6 N–H and O–H groups in total. The van der Waals surface area contributed by atoms with Crippen LogP contribution in [0.2, 0.25) is 0 Å². The van der Waals surface area contributed by atoms with Gasteiger partial charge in [0, 0.05) is 66.7 Å². The highest BCUT2D eigenvalue weighted by Gasteiger charge is 2.44. The number of rotatable bonds is 11. The first-order valence-electron chi connectivity index (χ1n) is 21.1. The van der Waals surface area contributed by atoms with Crippen LogP contribution in [0.15, 0.2) is 96.8 Å². The van der Waals surface area contributed by atoms with Gasteiger partial charge in [0.1, 0.15) is 17.8 Å². The number of thiazole rings is 1. The van der Waals surface area contributed by atoms with Crippen molar-refractivity contribution in [3.05, 3.63) is 114 Å². The fraction of sp³-hybridized carbons (Fsp3) is 0.340. The lowest BCUT2D eigenvalue weighted by molar-refractivity contribution is -0.142. The Kier molecular flexibility index (Phi) is 12.3. The van der Waals surface area contributed by atoms with E-state index in [2.05, 4.69) is 35.8 Å². The van der Waals surface area contributed by atoms with Gasteiger partial charge in [-0.25, -0.2) is 4.98 Å². The summed E-state index contributed by atoms with van der Waals surface area (Å²) >= 11 is 1.58. The Bertz CT molecular complexity index is 2600. The molecule has 326 valence electrons. The van der Waals surface area contributed by atoms with E-state index in [1.807, 2.05) is 92.6 Å². The predicted octanol–water partition coefficient (Wildman–Crippen LogP) is 5.99. The number of β-amino-alcohol motifs (C(OH)–C–C–N with tert-alkyl or cyclic N) is 1. The Labute approximate surface area is 370 Å². The summed E-state index contributed by atoms with van der Waals surface area (Å²) in [6.45, 7) is 9.38. The fourth-order valence-electron chi connectivity index (χ4n) is 8.34. The van der Waals surface area contributed by atoms with Crippen molar-refractivity contribution in [1.82, 2.24) is 40.5 Å². The Morgan fingerprint density at radius 2 is 1.68 bits per heavy atom. The molecule has 15 nitrogen and oxygen atoms in total. The molecule has 0 spiro atoms. The van der Waals surface area contributed by atoms with Gasteiger partial charge in [-0.1, -0.05) is 57.2 Å². The van der Waals surface area contributed by atoms with Crippen LogP contribution < -0.4 is 21.3 Å². The maximum Gasteiger partial charge on any atom is 0.251 e. The second kappa shape index (κ2) is 18.0. The number of aliphatic hydroxyl groups is 1. The van der Waals surface area contributed by atoms with Crippen LogP contribution in [0, 0.1) is 12.3 Å². The Hall–Kier alpha value is -6.65. The number of para-hydroxylation sites is 1. The number of aromatic nitrogens is 5. The third-order valence-corrected chi connectivity index (χ3v) is 12.9. The molecule has 6 aromatic rings. The molecular weight excluding hydrogens is 817 g/mol. The Morgan fingerprint density at radius 3 is 2.37 bits per heavy atom. The summed E-state index contributed by atoms with van der Waals surface area (Å²) in [5, 5.41) is 39.9. The number of benzene rings is 3. The van der Waals surface area contributed by atoms with E-state index < -0.39 is 35.4 Å². The summed E-state index contributed by atoms with van der Waals surface area (Å²) in [6, 6.07) is 22.4. The lowest BCUT2D eigenvalue weighted by Gasteiger charge is -2.35. The number of amides is 3. The molecule has 63 heavy (non-hydrogen) atoms. The number of hydrogen-bond acceptors (Lipinski definition) is 12. The van der Waals surface area contributed by atoms with Crippen molar-refractivity contribution in [2.24, 2.45) is 5.41 Å². The number of likely N-dealkylation sites (tertiary alicyclic amines) is 1. The molecule has 0 unspecified atom stereocenters. The largest absolute Gasteiger partial charge is 0.507 e. The third kappa shape index (κ3) is 9.42. The van der Waals surface area contributed by atoms with E-state index in [9.17, 15) is 24.6 Å². The molecule has 0 radical (unpaired) electrons. The highest BCUT2D eigenvalue weighted by molar-refractivity contribution is 7.13. The molecule has 3 amide bonds. The number of aliphatic hydroxyl groups excluding tert-OH is 1. The van der Waals surface area contributed by atoms with E-state index in [0.29, 0.717) is 22.4 Å². The number of carbonyl (C=O) groups is 3.